The van der Waals surface area contributed by atoms with E-state index >= 15 is 0 Å². The summed E-state index contributed by atoms with van der Waals surface area (Å²) in [5.41, 5.74) is 8.78. The van der Waals surface area contributed by atoms with Gasteiger partial charge in [-0.2, -0.15) is 15.6 Å². The van der Waals surface area contributed by atoms with E-state index in [0.29, 0.717) is 11.4 Å². The maximum absolute atomic E-state index is 10.5. The molecule has 0 fully saturated rings. The number of nitrogens with two attached hydrogens (primary N) is 1. The lowest BCUT2D eigenvalue weighted by molar-refractivity contribution is 0.454. The number of hydrogen-bond acceptors (Lipinski definition) is 5. The molecule has 1 heterocycles. The highest BCUT2D eigenvalue weighted by Gasteiger charge is 2.17. The Morgan fingerprint density at radius 3 is 2.20 bits per heavy atom. The van der Waals surface area contributed by atoms with Crippen molar-refractivity contribution < 1.29 is 5.11 Å². The van der Waals surface area contributed by atoms with Crippen LogP contribution in [0.3, 0.4) is 0 Å². The molecule has 0 saturated carbocycles. The fourth-order valence-electron chi connectivity index (χ4n) is 2.66. The second kappa shape index (κ2) is 7.11. The lowest BCUT2D eigenvalue weighted by Gasteiger charge is -2.16. The topological polar surface area (TPSA) is 123 Å². The lowest BCUT2D eigenvalue weighted by Crippen LogP contribution is -1.97. The van der Waals surface area contributed by atoms with E-state index < -0.39 is 0 Å². The highest BCUT2D eigenvalue weighted by molar-refractivity contribution is 5.91. The van der Waals surface area contributed by atoms with Gasteiger partial charge in [0.2, 0.25) is 0 Å². The zero-order valence-electron chi connectivity index (χ0n) is 14.8. The van der Waals surface area contributed by atoms with E-state index in [1.165, 1.54) is 0 Å². The fraction of sp³-hybridized carbons (Fsp3) is 0.316. The number of aromatic amines is 1. The van der Waals surface area contributed by atoms with Crippen LogP contribution < -0.4 is 5.73 Å². The molecule has 0 aliphatic heterocycles. The van der Waals surface area contributed by atoms with Crippen molar-refractivity contribution in [2.24, 2.45) is 0 Å². The Morgan fingerprint density at radius 2 is 1.76 bits per heavy atom. The Bertz CT molecular complexity index is 878. The van der Waals surface area contributed by atoms with Gasteiger partial charge in [-0.05, 0) is 46.7 Å². The number of hydrogen-bond donors (Lipinski definition) is 3. The van der Waals surface area contributed by atoms with Gasteiger partial charge in [-0.25, -0.2) is 0 Å². The van der Waals surface area contributed by atoms with E-state index in [1.807, 2.05) is 45.9 Å². The number of H-pyrrole nitrogens is 1. The zero-order valence-corrected chi connectivity index (χ0v) is 14.8. The van der Waals surface area contributed by atoms with Crippen molar-refractivity contribution in [2.75, 3.05) is 5.73 Å². The highest BCUT2D eigenvalue weighted by atomic mass is 16.3. The monoisotopic (exact) mass is 335 g/mol. The van der Waals surface area contributed by atoms with Crippen LogP contribution in [0.4, 0.5) is 5.82 Å². The quantitative estimate of drug-likeness (QED) is 0.732. The molecule has 0 aliphatic carbocycles. The lowest BCUT2D eigenvalue weighted by atomic mass is 9.91. The van der Waals surface area contributed by atoms with Gasteiger partial charge >= 0.3 is 0 Å². The number of allylic oxidation sites excluding steroid dienone is 1. The molecule has 0 unspecified atom stereocenters. The Labute approximate surface area is 147 Å². The van der Waals surface area contributed by atoms with Gasteiger partial charge in [0.1, 0.15) is 23.5 Å². The minimum Gasteiger partial charge on any atom is -0.507 e. The second-order valence-electron chi connectivity index (χ2n) is 6.50. The van der Waals surface area contributed by atoms with Gasteiger partial charge in [-0.15, -0.1) is 0 Å². The summed E-state index contributed by atoms with van der Waals surface area (Å²) in [5.74, 6) is 0.627. The summed E-state index contributed by atoms with van der Waals surface area (Å²) in [7, 11) is 0. The molecule has 1 aromatic carbocycles. The molecular weight excluding hydrogens is 314 g/mol. The molecule has 25 heavy (non-hydrogen) atoms. The number of aromatic hydroxyl groups is 1. The molecule has 6 nitrogen and oxygen atoms in total. The van der Waals surface area contributed by atoms with Crippen molar-refractivity contribution in [3.8, 4) is 17.9 Å². The molecule has 0 radical (unpaired) electrons. The Morgan fingerprint density at radius 1 is 1.20 bits per heavy atom. The van der Waals surface area contributed by atoms with Gasteiger partial charge in [0.15, 0.2) is 5.82 Å². The number of rotatable bonds is 4. The van der Waals surface area contributed by atoms with Crippen molar-refractivity contribution in [2.45, 2.75) is 39.5 Å². The first-order chi connectivity index (χ1) is 11.8. The summed E-state index contributed by atoms with van der Waals surface area (Å²) in [5, 5.41) is 35.7. The van der Waals surface area contributed by atoms with Gasteiger partial charge < -0.3 is 10.8 Å². The number of nitrogens with zero attached hydrogens (tertiary/aromatic N) is 3. The standard InChI is InChI=1S/C19H21N5O/c1-10(2)14-6-12(7-15(11(3)4)18(14)25)5-13(8-20)17-16(9-21)19(22)24-23-17/h5-7,10-11,25H,1-4H3,(H3,22,23,24)/b13-5+. The Balaban J connectivity index is 2.66. The van der Waals surface area contributed by atoms with E-state index in [4.69, 9.17) is 5.73 Å². The molecule has 0 amide bonds. The normalized spacial score (nSPS) is 11.6. The number of nitrogen functional groups attached to an aromatic ring is 1. The third-order valence-corrected chi connectivity index (χ3v) is 4.04. The molecule has 6 heteroatoms. The van der Waals surface area contributed by atoms with E-state index in [9.17, 15) is 15.6 Å². The molecule has 128 valence electrons. The minimum absolute atomic E-state index is 0.0649. The van der Waals surface area contributed by atoms with Crippen LogP contribution in [0.5, 0.6) is 5.75 Å². The summed E-state index contributed by atoms with van der Waals surface area (Å²) >= 11 is 0. The zero-order chi connectivity index (χ0) is 18.7. The second-order valence-corrected chi connectivity index (χ2v) is 6.50. The van der Waals surface area contributed by atoms with Crippen LogP contribution in [-0.2, 0) is 0 Å². The number of phenols is 1. The van der Waals surface area contributed by atoms with Crippen LogP contribution in [0.15, 0.2) is 12.1 Å². The van der Waals surface area contributed by atoms with Crippen LogP contribution >= 0.6 is 0 Å². The number of benzene rings is 1. The van der Waals surface area contributed by atoms with Crippen molar-refractivity contribution in [3.63, 3.8) is 0 Å². The number of nitriles is 2. The third-order valence-electron chi connectivity index (χ3n) is 4.04. The molecule has 0 bridgehead atoms. The average Bonchev–Trinajstić information content (AvgIpc) is 2.93. The molecule has 1 aromatic heterocycles. The van der Waals surface area contributed by atoms with Gasteiger partial charge in [0.25, 0.3) is 0 Å². The largest absolute Gasteiger partial charge is 0.507 e. The molecule has 0 atom stereocenters. The van der Waals surface area contributed by atoms with E-state index in [-0.39, 0.29) is 28.8 Å². The Hall–Kier alpha value is -3.25. The van der Waals surface area contributed by atoms with Crippen LogP contribution in [-0.4, -0.2) is 15.3 Å². The maximum Gasteiger partial charge on any atom is 0.163 e. The first kappa shape index (κ1) is 18.1. The first-order valence-electron chi connectivity index (χ1n) is 8.03. The van der Waals surface area contributed by atoms with Crippen molar-refractivity contribution in [1.82, 2.24) is 10.2 Å². The average molecular weight is 335 g/mol. The predicted octanol–water partition coefficient (Wildman–Crippen LogP) is 3.88. The van der Waals surface area contributed by atoms with Gasteiger partial charge in [0.05, 0.1) is 11.3 Å². The van der Waals surface area contributed by atoms with E-state index in [1.54, 1.807) is 6.08 Å². The predicted molar refractivity (Wildman–Crippen MR) is 97.5 cm³/mol. The summed E-state index contributed by atoms with van der Waals surface area (Å²) in [6.45, 7) is 8.00. The number of aromatic nitrogens is 2. The summed E-state index contributed by atoms with van der Waals surface area (Å²) < 4.78 is 0. The number of nitrogens with one attached hydrogen (secondary N) is 1. The van der Waals surface area contributed by atoms with Crippen molar-refractivity contribution in [1.29, 1.82) is 10.5 Å². The number of phenolic OH excluding ortho intramolecular Hbond substituents is 1. The van der Waals surface area contributed by atoms with Gasteiger partial charge in [-0.1, -0.05) is 27.7 Å². The van der Waals surface area contributed by atoms with Crippen molar-refractivity contribution >= 4 is 17.5 Å². The van der Waals surface area contributed by atoms with E-state index in [2.05, 4.69) is 16.3 Å². The molecular formula is C19H21N5O. The van der Waals surface area contributed by atoms with E-state index in [0.717, 1.165) is 16.7 Å². The maximum atomic E-state index is 10.5. The third kappa shape index (κ3) is 3.49. The van der Waals surface area contributed by atoms with Crippen LogP contribution in [0, 0.1) is 22.7 Å². The van der Waals surface area contributed by atoms with Crippen LogP contribution in [0.1, 0.15) is 67.5 Å². The van der Waals surface area contributed by atoms with Crippen molar-refractivity contribution in [3.05, 3.63) is 40.1 Å². The Kier molecular flexibility index (Phi) is 5.14. The summed E-state index contributed by atoms with van der Waals surface area (Å²) in [6, 6.07) is 7.76. The molecule has 0 aliphatic rings. The fourth-order valence-corrected chi connectivity index (χ4v) is 2.66. The van der Waals surface area contributed by atoms with Gasteiger partial charge in [0, 0.05) is 0 Å². The molecule has 2 aromatic rings. The molecule has 0 saturated heterocycles. The summed E-state index contributed by atoms with van der Waals surface area (Å²) in [4.78, 5) is 0. The number of anilines is 1. The summed E-state index contributed by atoms with van der Waals surface area (Å²) in [6.07, 6.45) is 1.67. The molecule has 4 N–H and O–H groups in total. The molecule has 0 spiro atoms. The highest BCUT2D eigenvalue weighted by Crippen LogP contribution is 2.36. The van der Waals surface area contributed by atoms with Crippen LogP contribution in [0.25, 0.3) is 11.6 Å². The minimum atomic E-state index is 0.0649. The first-order valence-corrected chi connectivity index (χ1v) is 8.03. The SMILES string of the molecule is CC(C)c1cc(/C=C(\C#N)c2[nH]nc(N)c2C#N)cc(C(C)C)c1O. The van der Waals surface area contributed by atoms with Gasteiger partial charge in [-0.3, -0.25) is 5.10 Å². The molecule has 2 rings (SSSR count). The smallest absolute Gasteiger partial charge is 0.163 e. The van der Waals surface area contributed by atoms with Crippen LogP contribution in [0.2, 0.25) is 0 Å².